The van der Waals surface area contributed by atoms with Crippen LogP contribution in [-0.2, 0) is 9.53 Å². The molecular weight excluding hydrogens is 434 g/mol. The van der Waals surface area contributed by atoms with E-state index in [0.29, 0.717) is 11.6 Å². The van der Waals surface area contributed by atoms with Gasteiger partial charge in [-0.15, -0.1) is 0 Å². The van der Waals surface area contributed by atoms with Gasteiger partial charge in [0.15, 0.2) is 5.70 Å². The first kappa shape index (κ1) is 22.1. The summed E-state index contributed by atoms with van der Waals surface area (Å²) in [7, 11) is 0. The molecule has 35 heavy (non-hydrogen) atoms. The van der Waals surface area contributed by atoms with Gasteiger partial charge in [0.05, 0.1) is 0 Å². The Morgan fingerprint density at radius 3 is 2.00 bits per heavy atom. The van der Waals surface area contributed by atoms with E-state index in [1.807, 2.05) is 97.1 Å². The fraction of sp³-hybridized carbons (Fsp3) is 0.0323. The van der Waals surface area contributed by atoms with E-state index in [2.05, 4.69) is 23.7 Å². The minimum absolute atomic E-state index is 0.245. The highest BCUT2D eigenvalue weighted by Crippen LogP contribution is 2.26. The maximum Gasteiger partial charge on any atom is 0.363 e. The molecule has 0 saturated heterocycles. The summed E-state index contributed by atoms with van der Waals surface area (Å²) in [5, 5.41) is 0. The van der Waals surface area contributed by atoms with Crippen LogP contribution >= 0.6 is 0 Å². The average Bonchev–Trinajstić information content (AvgIpc) is 3.29. The number of hydrogen-bond acceptors (Lipinski definition) is 4. The maximum absolute atomic E-state index is 12.4. The number of cyclic esters (lactones) is 1. The summed E-state index contributed by atoms with van der Waals surface area (Å²) >= 11 is 0. The molecule has 0 N–H and O–H groups in total. The Bertz CT molecular complexity index is 1390. The Morgan fingerprint density at radius 2 is 1.34 bits per heavy atom. The summed E-state index contributed by atoms with van der Waals surface area (Å²) in [5.74, 6) is 0.540. The van der Waals surface area contributed by atoms with E-state index >= 15 is 0 Å². The highest BCUT2D eigenvalue weighted by molar-refractivity contribution is 6.13. The molecule has 0 aromatic heterocycles. The molecule has 0 spiro atoms. The largest absolute Gasteiger partial charge is 0.482 e. The molecule has 0 aliphatic carbocycles. The Balaban J connectivity index is 1.30. The molecule has 4 nitrogen and oxygen atoms in total. The summed E-state index contributed by atoms with van der Waals surface area (Å²) in [6.07, 6.45) is 3.23. The summed E-state index contributed by atoms with van der Waals surface area (Å²) in [5.41, 5.74) is 5.07. The van der Waals surface area contributed by atoms with Crippen molar-refractivity contribution < 1.29 is 14.3 Å². The molecule has 1 atom stereocenters. The standard InChI is InChI=1S/C31H23NO3/c1-2-29(25-11-7-4-8-12-25)34-27-19-13-22(14-20-27)21-28-31(33)35-30(32-28)26-17-15-24(16-18-26)23-9-5-3-6-10-23/h2-21,29H,1H2/b28-21-. The molecule has 1 aliphatic rings. The van der Waals surface area contributed by atoms with Gasteiger partial charge < -0.3 is 9.47 Å². The summed E-state index contributed by atoms with van der Waals surface area (Å²) in [6, 6.07) is 35.3. The van der Waals surface area contributed by atoms with Gasteiger partial charge in [0.2, 0.25) is 5.90 Å². The zero-order valence-corrected chi connectivity index (χ0v) is 19.0. The molecule has 0 radical (unpaired) electrons. The Morgan fingerprint density at radius 1 is 0.743 bits per heavy atom. The number of benzene rings is 4. The highest BCUT2D eigenvalue weighted by Gasteiger charge is 2.24. The first-order valence-corrected chi connectivity index (χ1v) is 11.3. The zero-order valence-electron chi connectivity index (χ0n) is 19.0. The lowest BCUT2D eigenvalue weighted by Crippen LogP contribution is -2.05. The number of aliphatic imine (C=N–C) groups is 1. The zero-order chi connectivity index (χ0) is 24.0. The van der Waals surface area contributed by atoms with Crippen molar-refractivity contribution in [1.82, 2.24) is 0 Å². The van der Waals surface area contributed by atoms with Crippen LogP contribution in [0, 0.1) is 0 Å². The fourth-order valence-electron chi connectivity index (χ4n) is 3.81. The van der Waals surface area contributed by atoms with Crippen LogP contribution in [0.3, 0.4) is 0 Å². The van der Waals surface area contributed by atoms with Gasteiger partial charge in [0.1, 0.15) is 11.9 Å². The molecule has 0 bridgehead atoms. The van der Waals surface area contributed by atoms with Gasteiger partial charge in [-0.25, -0.2) is 9.79 Å². The third-order valence-corrected chi connectivity index (χ3v) is 5.65. The number of nitrogens with zero attached hydrogens (tertiary/aromatic N) is 1. The molecule has 1 unspecified atom stereocenters. The quantitative estimate of drug-likeness (QED) is 0.170. The number of ether oxygens (including phenoxy) is 2. The first-order valence-electron chi connectivity index (χ1n) is 11.3. The molecule has 5 rings (SSSR count). The molecule has 4 aromatic carbocycles. The second kappa shape index (κ2) is 10.1. The van der Waals surface area contributed by atoms with Crippen molar-refractivity contribution in [1.29, 1.82) is 0 Å². The maximum atomic E-state index is 12.4. The number of hydrogen-bond donors (Lipinski definition) is 0. The predicted octanol–water partition coefficient (Wildman–Crippen LogP) is 7.00. The Hall–Kier alpha value is -4.70. The van der Waals surface area contributed by atoms with E-state index < -0.39 is 5.97 Å². The number of rotatable bonds is 7. The Labute approximate surface area is 204 Å². The van der Waals surface area contributed by atoms with Crippen molar-refractivity contribution in [3.05, 3.63) is 144 Å². The van der Waals surface area contributed by atoms with Crippen LogP contribution in [0.5, 0.6) is 5.75 Å². The normalized spacial score (nSPS) is 14.8. The van der Waals surface area contributed by atoms with E-state index in [0.717, 1.165) is 27.8 Å². The van der Waals surface area contributed by atoms with Crippen LogP contribution in [0.2, 0.25) is 0 Å². The lowest BCUT2D eigenvalue weighted by molar-refractivity contribution is -0.129. The van der Waals surface area contributed by atoms with Crippen LogP contribution in [0.4, 0.5) is 0 Å². The van der Waals surface area contributed by atoms with Gasteiger partial charge in [-0.2, -0.15) is 0 Å². The minimum atomic E-state index is -0.469. The van der Waals surface area contributed by atoms with Crippen LogP contribution in [0.15, 0.2) is 133 Å². The number of carbonyl (C=O) groups is 1. The molecule has 4 heteroatoms. The van der Waals surface area contributed by atoms with Gasteiger partial charge >= 0.3 is 5.97 Å². The van der Waals surface area contributed by atoms with Gasteiger partial charge in [-0.3, -0.25) is 0 Å². The molecule has 1 heterocycles. The van der Waals surface area contributed by atoms with Crippen molar-refractivity contribution in [3.8, 4) is 16.9 Å². The first-order chi connectivity index (χ1) is 17.2. The lowest BCUT2D eigenvalue weighted by Gasteiger charge is -2.16. The molecule has 0 saturated carbocycles. The van der Waals surface area contributed by atoms with Gasteiger partial charge in [0.25, 0.3) is 0 Å². The van der Waals surface area contributed by atoms with Crippen molar-refractivity contribution in [2.24, 2.45) is 4.99 Å². The smallest absolute Gasteiger partial charge is 0.363 e. The SMILES string of the molecule is C=CC(Oc1ccc(/C=C2\N=C(c3ccc(-c4ccccc4)cc3)OC2=O)cc1)c1ccccc1. The fourth-order valence-corrected chi connectivity index (χ4v) is 3.81. The second-order valence-corrected chi connectivity index (χ2v) is 8.03. The third kappa shape index (κ3) is 5.12. The van der Waals surface area contributed by atoms with E-state index in [-0.39, 0.29) is 11.8 Å². The molecule has 0 amide bonds. The number of esters is 1. The summed E-state index contributed by atoms with van der Waals surface area (Å²) < 4.78 is 11.5. The second-order valence-electron chi connectivity index (χ2n) is 8.03. The molecule has 0 fully saturated rings. The van der Waals surface area contributed by atoms with Crippen LogP contribution < -0.4 is 4.74 Å². The summed E-state index contributed by atoms with van der Waals surface area (Å²) in [4.78, 5) is 16.8. The van der Waals surface area contributed by atoms with Crippen LogP contribution in [-0.4, -0.2) is 11.9 Å². The predicted molar refractivity (Wildman–Crippen MR) is 139 cm³/mol. The molecule has 4 aromatic rings. The Kier molecular flexibility index (Phi) is 6.35. The molecular formula is C31H23NO3. The summed E-state index contributed by atoms with van der Waals surface area (Å²) in [6.45, 7) is 3.88. The average molecular weight is 458 g/mol. The van der Waals surface area contributed by atoms with Gasteiger partial charge in [0, 0.05) is 5.56 Å². The molecule has 170 valence electrons. The third-order valence-electron chi connectivity index (χ3n) is 5.65. The minimum Gasteiger partial charge on any atom is -0.482 e. The monoisotopic (exact) mass is 457 g/mol. The van der Waals surface area contributed by atoms with E-state index in [1.165, 1.54) is 0 Å². The van der Waals surface area contributed by atoms with Gasteiger partial charge in [-0.05, 0) is 58.7 Å². The van der Waals surface area contributed by atoms with Crippen molar-refractivity contribution in [2.45, 2.75) is 6.10 Å². The number of carbonyl (C=O) groups excluding carboxylic acids is 1. The van der Waals surface area contributed by atoms with Crippen molar-refractivity contribution >= 4 is 17.9 Å². The van der Waals surface area contributed by atoms with E-state index in [9.17, 15) is 4.79 Å². The lowest BCUT2D eigenvalue weighted by atomic mass is 10.0. The molecule has 1 aliphatic heterocycles. The van der Waals surface area contributed by atoms with E-state index in [4.69, 9.17) is 9.47 Å². The van der Waals surface area contributed by atoms with Crippen molar-refractivity contribution in [3.63, 3.8) is 0 Å². The van der Waals surface area contributed by atoms with Gasteiger partial charge in [-0.1, -0.05) is 91.5 Å². The van der Waals surface area contributed by atoms with Crippen LogP contribution in [0.1, 0.15) is 22.8 Å². The topological polar surface area (TPSA) is 47.9 Å². The highest BCUT2D eigenvalue weighted by atomic mass is 16.6. The van der Waals surface area contributed by atoms with Crippen LogP contribution in [0.25, 0.3) is 17.2 Å². The van der Waals surface area contributed by atoms with Crippen molar-refractivity contribution in [2.75, 3.05) is 0 Å². The van der Waals surface area contributed by atoms with E-state index in [1.54, 1.807) is 12.2 Å².